The summed E-state index contributed by atoms with van der Waals surface area (Å²) in [5.41, 5.74) is 3.81. The number of nitrogens with one attached hydrogen (secondary N) is 1. The molecule has 1 N–H and O–H groups in total. The molecule has 0 aromatic heterocycles. The number of hydrogen-bond acceptors (Lipinski definition) is 3. The quantitative estimate of drug-likeness (QED) is 0.880. The van der Waals surface area contributed by atoms with E-state index < -0.39 is 0 Å². The van der Waals surface area contributed by atoms with Crippen molar-refractivity contribution in [2.24, 2.45) is 0 Å². The maximum atomic E-state index is 5.47. The monoisotopic (exact) mass is 271 g/mol. The summed E-state index contributed by atoms with van der Waals surface area (Å²) in [6.07, 6.45) is 0. The van der Waals surface area contributed by atoms with Gasteiger partial charge in [-0.2, -0.15) is 0 Å². The van der Waals surface area contributed by atoms with Gasteiger partial charge in [0.2, 0.25) is 0 Å². The second-order valence-corrected chi connectivity index (χ2v) is 5.79. The van der Waals surface area contributed by atoms with Crippen molar-refractivity contribution in [2.45, 2.75) is 24.1 Å². The molecule has 98 valence electrons. The first-order chi connectivity index (χ1) is 9.26. The molecule has 1 unspecified atom stereocenters. The van der Waals surface area contributed by atoms with Crippen molar-refractivity contribution in [1.29, 1.82) is 0 Å². The van der Waals surface area contributed by atoms with E-state index in [-0.39, 0.29) is 0 Å². The Morgan fingerprint density at radius 2 is 1.95 bits per heavy atom. The van der Waals surface area contributed by atoms with Crippen LogP contribution >= 0.6 is 11.8 Å². The molecule has 0 saturated heterocycles. The molecule has 3 heteroatoms. The molecule has 0 fully saturated rings. The van der Waals surface area contributed by atoms with Crippen LogP contribution in [0.3, 0.4) is 0 Å². The van der Waals surface area contributed by atoms with E-state index in [0.717, 1.165) is 5.75 Å². The van der Waals surface area contributed by atoms with E-state index in [1.165, 1.54) is 21.7 Å². The summed E-state index contributed by atoms with van der Waals surface area (Å²) in [5, 5.41) is 3.86. The highest BCUT2D eigenvalue weighted by Crippen LogP contribution is 2.46. The smallest absolute Gasteiger partial charge is 0.119 e. The molecular weight excluding hydrogens is 254 g/mol. The van der Waals surface area contributed by atoms with Crippen molar-refractivity contribution in [3.8, 4) is 5.75 Å². The Morgan fingerprint density at radius 3 is 2.68 bits per heavy atom. The summed E-state index contributed by atoms with van der Waals surface area (Å²) in [6.45, 7) is 4.83. The first-order valence-corrected chi connectivity index (χ1v) is 7.41. The lowest BCUT2D eigenvalue weighted by Gasteiger charge is -2.11. The molecule has 2 aromatic carbocycles. The second-order valence-electron chi connectivity index (χ2n) is 4.64. The number of fused-ring (bicyclic) bond motifs is 1. The predicted molar refractivity (Wildman–Crippen MR) is 81.0 cm³/mol. The summed E-state index contributed by atoms with van der Waals surface area (Å²) in [5.74, 6) is 0.933. The lowest BCUT2D eigenvalue weighted by atomic mass is 10.2. The van der Waals surface area contributed by atoms with Gasteiger partial charge in [0.05, 0.1) is 6.61 Å². The Kier molecular flexibility index (Phi) is 3.38. The third-order valence-electron chi connectivity index (χ3n) is 3.16. The molecule has 1 aliphatic heterocycles. The second kappa shape index (κ2) is 5.17. The van der Waals surface area contributed by atoms with Crippen molar-refractivity contribution in [2.75, 3.05) is 11.9 Å². The van der Waals surface area contributed by atoms with Gasteiger partial charge in [-0.1, -0.05) is 30.0 Å². The zero-order valence-corrected chi connectivity index (χ0v) is 12.0. The van der Waals surface area contributed by atoms with Crippen molar-refractivity contribution in [1.82, 2.24) is 0 Å². The van der Waals surface area contributed by atoms with E-state index >= 15 is 0 Å². The molecule has 0 bridgehead atoms. The van der Waals surface area contributed by atoms with Gasteiger partial charge in [0.1, 0.15) is 11.1 Å². The number of aryl methyl sites for hydroxylation is 1. The highest BCUT2D eigenvalue weighted by Gasteiger charge is 2.22. The Morgan fingerprint density at radius 1 is 1.16 bits per heavy atom. The van der Waals surface area contributed by atoms with Crippen LogP contribution < -0.4 is 10.1 Å². The van der Waals surface area contributed by atoms with Gasteiger partial charge in [-0.05, 0) is 49.2 Å². The van der Waals surface area contributed by atoms with E-state index in [1.807, 2.05) is 30.8 Å². The SMILES string of the molecule is CCOc1ccc(C2Nc3cc(C)ccc3S2)cc1. The Balaban J connectivity index is 1.78. The average Bonchev–Trinajstić information content (AvgIpc) is 2.83. The minimum absolute atomic E-state index is 0.299. The van der Waals surface area contributed by atoms with E-state index in [0.29, 0.717) is 12.0 Å². The van der Waals surface area contributed by atoms with Crippen LogP contribution in [-0.4, -0.2) is 6.61 Å². The van der Waals surface area contributed by atoms with Crippen LogP contribution in [0.15, 0.2) is 47.4 Å². The minimum Gasteiger partial charge on any atom is -0.494 e. The highest BCUT2D eigenvalue weighted by molar-refractivity contribution is 8.00. The first-order valence-electron chi connectivity index (χ1n) is 6.53. The fraction of sp³-hybridized carbons (Fsp3) is 0.250. The third kappa shape index (κ3) is 2.56. The lowest BCUT2D eigenvalue weighted by Crippen LogP contribution is -2.01. The van der Waals surface area contributed by atoms with Crippen LogP contribution in [0.2, 0.25) is 0 Å². The predicted octanol–water partition coefficient (Wildman–Crippen LogP) is 4.61. The van der Waals surface area contributed by atoms with E-state index in [9.17, 15) is 0 Å². The fourth-order valence-electron chi connectivity index (χ4n) is 2.21. The largest absolute Gasteiger partial charge is 0.494 e. The molecule has 19 heavy (non-hydrogen) atoms. The maximum absolute atomic E-state index is 5.47. The van der Waals surface area contributed by atoms with Gasteiger partial charge in [0.25, 0.3) is 0 Å². The van der Waals surface area contributed by atoms with Crippen LogP contribution in [0.5, 0.6) is 5.75 Å². The number of ether oxygens (including phenoxy) is 1. The van der Waals surface area contributed by atoms with Crippen molar-refractivity contribution in [3.05, 3.63) is 53.6 Å². The number of thioether (sulfide) groups is 1. The molecule has 0 amide bonds. The summed E-state index contributed by atoms with van der Waals surface area (Å²) in [6, 6.07) is 14.9. The van der Waals surface area contributed by atoms with Gasteiger partial charge in [0.15, 0.2) is 0 Å². The van der Waals surface area contributed by atoms with Gasteiger partial charge < -0.3 is 10.1 Å². The number of benzene rings is 2. The van der Waals surface area contributed by atoms with Gasteiger partial charge in [-0.25, -0.2) is 0 Å². The lowest BCUT2D eigenvalue weighted by molar-refractivity contribution is 0.340. The summed E-state index contributed by atoms with van der Waals surface area (Å²) < 4.78 is 5.47. The summed E-state index contributed by atoms with van der Waals surface area (Å²) in [4.78, 5) is 1.32. The Bertz CT molecular complexity index is 580. The molecule has 0 saturated carbocycles. The number of anilines is 1. The topological polar surface area (TPSA) is 21.3 Å². The van der Waals surface area contributed by atoms with Crippen LogP contribution in [0.25, 0.3) is 0 Å². The summed E-state index contributed by atoms with van der Waals surface area (Å²) in [7, 11) is 0. The van der Waals surface area contributed by atoms with Crippen LogP contribution in [0.1, 0.15) is 23.4 Å². The molecule has 1 heterocycles. The molecule has 2 aromatic rings. The Hall–Kier alpha value is -1.61. The molecule has 0 aliphatic carbocycles. The molecule has 0 radical (unpaired) electrons. The maximum Gasteiger partial charge on any atom is 0.119 e. The molecule has 1 aliphatic rings. The zero-order valence-electron chi connectivity index (χ0n) is 11.1. The summed E-state index contributed by atoms with van der Waals surface area (Å²) >= 11 is 1.87. The van der Waals surface area contributed by atoms with Gasteiger partial charge in [-0.3, -0.25) is 0 Å². The van der Waals surface area contributed by atoms with Gasteiger partial charge in [-0.15, -0.1) is 0 Å². The molecule has 0 spiro atoms. The van der Waals surface area contributed by atoms with Crippen molar-refractivity contribution < 1.29 is 4.74 Å². The first kappa shape index (κ1) is 12.4. The molecular formula is C16H17NOS. The van der Waals surface area contributed by atoms with E-state index in [2.05, 4.69) is 42.6 Å². The van der Waals surface area contributed by atoms with Crippen molar-refractivity contribution in [3.63, 3.8) is 0 Å². The third-order valence-corrected chi connectivity index (χ3v) is 4.40. The molecule has 3 rings (SSSR count). The number of rotatable bonds is 3. The molecule has 2 nitrogen and oxygen atoms in total. The van der Waals surface area contributed by atoms with Crippen LogP contribution in [0, 0.1) is 6.92 Å². The Labute approximate surface area is 118 Å². The zero-order chi connectivity index (χ0) is 13.2. The average molecular weight is 271 g/mol. The van der Waals surface area contributed by atoms with Crippen molar-refractivity contribution >= 4 is 17.4 Å². The normalized spacial score (nSPS) is 16.8. The van der Waals surface area contributed by atoms with Gasteiger partial charge in [0, 0.05) is 10.6 Å². The molecule has 1 atom stereocenters. The van der Waals surface area contributed by atoms with Crippen LogP contribution in [0.4, 0.5) is 5.69 Å². The number of hydrogen-bond donors (Lipinski definition) is 1. The highest BCUT2D eigenvalue weighted by atomic mass is 32.2. The van der Waals surface area contributed by atoms with Gasteiger partial charge >= 0.3 is 0 Å². The van der Waals surface area contributed by atoms with E-state index in [1.54, 1.807) is 0 Å². The van der Waals surface area contributed by atoms with E-state index in [4.69, 9.17) is 4.74 Å². The van der Waals surface area contributed by atoms with Crippen LogP contribution in [-0.2, 0) is 0 Å². The fourth-order valence-corrected chi connectivity index (χ4v) is 3.34. The standard InChI is InChI=1S/C16H17NOS/c1-3-18-13-7-5-12(6-8-13)16-17-14-10-11(2)4-9-15(14)19-16/h4-10,16-17H,3H2,1-2H3. The minimum atomic E-state index is 0.299.